The highest BCUT2D eigenvalue weighted by Crippen LogP contribution is 2.37. The highest BCUT2D eigenvalue weighted by molar-refractivity contribution is 4.87. The number of rotatable bonds is 26. The smallest absolute Gasteiger partial charge is 0.0675 e. The van der Waals surface area contributed by atoms with Gasteiger partial charge in [-0.2, -0.15) is 0 Å². The van der Waals surface area contributed by atoms with E-state index in [-0.39, 0.29) is 0 Å². The second-order valence-corrected chi connectivity index (χ2v) is 10.9. The lowest BCUT2D eigenvalue weighted by Crippen LogP contribution is -2.38. The maximum absolute atomic E-state index is 12.0. The number of aliphatic hydroxyl groups is 1. The summed E-state index contributed by atoms with van der Waals surface area (Å²) in [5, 5.41) is 12.0. The van der Waals surface area contributed by atoms with E-state index in [9.17, 15) is 5.11 Å². The molecule has 0 bridgehead atoms. The Hall–Kier alpha value is -0.0400. The van der Waals surface area contributed by atoms with E-state index in [1.54, 1.807) is 0 Å². The first-order valence-electron chi connectivity index (χ1n) is 15.4. The topological polar surface area (TPSA) is 20.2 Å². The second kappa shape index (κ2) is 24.1. The summed E-state index contributed by atoms with van der Waals surface area (Å²) < 4.78 is 0. The third kappa shape index (κ3) is 18.4. The van der Waals surface area contributed by atoms with Crippen molar-refractivity contribution in [1.29, 1.82) is 0 Å². The van der Waals surface area contributed by atoms with Crippen LogP contribution in [0, 0.1) is 5.92 Å². The molecule has 194 valence electrons. The molecule has 1 heteroatoms. The van der Waals surface area contributed by atoms with Gasteiger partial charge in [0, 0.05) is 0 Å². The van der Waals surface area contributed by atoms with Gasteiger partial charge < -0.3 is 5.11 Å². The molecule has 0 radical (unpaired) electrons. The lowest BCUT2D eigenvalue weighted by atomic mass is 9.74. The Morgan fingerprint density at radius 1 is 0.406 bits per heavy atom. The number of hydrogen-bond acceptors (Lipinski definition) is 1. The molecule has 32 heavy (non-hydrogen) atoms. The molecule has 0 aromatic carbocycles. The number of unbranched alkanes of at least 4 members (excludes halogenated alkanes) is 17. The van der Waals surface area contributed by atoms with Crippen LogP contribution in [0.5, 0.6) is 0 Å². The minimum atomic E-state index is -0.396. The SMILES string of the molecule is CCCCCCCCC(CCCCC)C(O)(CCCCCCCC)CCCCCCCC. The molecule has 0 aliphatic rings. The molecule has 0 heterocycles. The third-order valence-corrected chi connectivity index (χ3v) is 7.75. The average molecular weight is 453 g/mol. The highest BCUT2D eigenvalue weighted by Gasteiger charge is 2.34. The van der Waals surface area contributed by atoms with Crippen LogP contribution in [0.4, 0.5) is 0 Å². The zero-order valence-electron chi connectivity index (χ0n) is 23.2. The van der Waals surface area contributed by atoms with Crippen LogP contribution in [0.2, 0.25) is 0 Å². The molecule has 0 aromatic rings. The largest absolute Gasteiger partial charge is 0.390 e. The first-order valence-corrected chi connectivity index (χ1v) is 15.4. The fourth-order valence-corrected chi connectivity index (χ4v) is 5.45. The average Bonchev–Trinajstić information content (AvgIpc) is 2.79. The van der Waals surface area contributed by atoms with Gasteiger partial charge in [0.2, 0.25) is 0 Å². The van der Waals surface area contributed by atoms with E-state index in [1.165, 1.54) is 148 Å². The normalized spacial score (nSPS) is 13.0. The van der Waals surface area contributed by atoms with Gasteiger partial charge in [-0.3, -0.25) is 0 Å². The van der Waals surface area contributed by atoms with Crippen molar-refractivity contribution in [2.24, 2.45) is 5.92 Å². The Bertz CT molecular complexity index is 334. The van der Waals surface area contributed by atoms with Crippen molar-refractivity contribution in [2.45, 2.75) is 194 Å². The van der Waals surface area contributed by atoms with E-state index in [2.05, 4.69) is 27.7 Å². The summed E-state index contributed by atoms with van der Waals surface area (Å²) in [6.07, 6.45) is 32.7. The zero-order chi connectivity index (χ0) is 23.8. The van der Waals surface area contributed by atoms with Crippen molar-refractivity contribution < 1.29 is 5.11 Å². The Balaban J connectivity index is 4.79. The summed E-state index contributed by atoms with van der Waals surface area (Å²) in [6.45, 7) is 9.20. The molecule has 0 aliphatic heterocycles. The van der Waals surface area contributed by atoms with Crippen molar-refractivity contribution in [1.82, 2.24) is 0 Å². The van der Waals surface area contributed by atoms with Crippen LogP contribution < -0.4 is 0 Å². The summed E-state index contributed by atoms with van der Waals surface area (Å²) in [5.74, 6) is 0.534. The lowest BCUT2D eigenvalue weighted by Gasteiger charge is -2.37. The highest BCUT2D eigenvalue weighted by atomic mass is 16.3. The Morgan fingerprint density at radius 3 is 1.09 bits per heavy atom. The van der Waals surface area contributed by atoms with Gasteiger partial charge in [-0.05, 0) is 31.6 Å². The summed E-state index contributed by atoms with van der Waals surface area (Å²) >= 11 is 0. The van der Waals surface area contributed by atoms with Crippen LogP contribution in [0.1, 0.15) is 188 Å². The van der Waals surface area contributed by atoms with Gasteiger partial charge in [0.05, 0.1) is 5.60 Å². The van der Waals surface area contributed by atoms with E-state index >= 15 is 0 Å². The van der Waals surface area contributed by atoms with E-state index in [4.69, 9.17) is 0 Å². The number of hydrogen-bond donors (Lipinski definition) is 1. The first kappa shape index (κ1) is 32.0. The van der Waals surface area contributed by atoms with Crippen molar-refractivity contribution in [3.63, 3.8) is 0 Å². The fraction of sp³-hybridized carbons (Fsp3) is 1.00. The lowest BCUT2D eigenvalue weighted by molar-refractivity contribution is -0.0456. The quantitative estimate of drug-likeness (QED) is 0.129. The molecule has 0 aliphatic carbocycles. The van der Waals surface area contributed by atoms with Crippen molar-refractivity contribution in [2.75, 3.05) is 0 Å². The molecule has 0 fully saturated rings. The summed E-state index contributed by atoms with van der Waals surface area (Å²) in [5.41, 5.74) is -0.396. The second-order valence-electron chi connectivity index (χ2n) is 10.9. The van der Waals surface area contributed by atoms with Crippen LogP contribution >= 0.6 is 0 Å². The van der Waals surface area contributed by atoms with E-state index in [0.717, 1.165) is 12.8 Å². The monoisotopic (exact) mass is 452 g/mol. The predicted molar refractivity (Wildman–Crippen MR) is 147 cm³/mol. The molecule has 1 atom stereocenters. The maximum Gasteiger partial charge on any atom is 0.0675 e. The molecule has 1 nitrogen and oxygen atoms in total. The van der Waals surface area contributed by atoms with Crippen molar-refractivity contribution in [3.05, 3.63) is 0 Å². The van der Waals surface area contributed by atoms with Gasteiger partial charge in [0.1, 0.15) is 0 Å². The van der Waals surface area contributed by atoms with Crippen LogP contribution in [0.25, 0.3) is 0 Å². The van der Waals surface area contributed by atoms with E-state index in [0.29, 0.717) is 5.92 Å². The minimum absolute atomic E-state index is 0.396. The predicted octanol–water partition coefficient (Wildman–Crippen LogP) is 11.2. The Morgan fingerprint density at radius 2 is 0.688 bits per heavy atom. The molecule has 1 unspecified atom stereocenters. The van der Waals surface area contributed by atoms with E-state index in [1.807, 2.05) is 0 Å². The van der Waals surface area contributed by atoms with Crippen LogP contribution in [-0.2, 0) is 0 Å². The zero-order valence-corrected chi connectivity index (χ0v) is 23.2. The molecule has 1 N–H and O–H groups in total. The van der Waals surface area contributed by atoms with Gasteiger partial charge >= 0.3 is 0 Å². The molecule has 0 saturated heterocycles. The van der Waals surface area contributed by atoms with Gasteiger partial charge in [-0.1, -0.05) is 163 Å². The van der Waals surface area contributed by atoms with Gasteiger partial charge in [0.15, 0.2) is 0 Å². The van der Waals surface area contributed by atoms with Crippen LogP contribution in [0.15, 0.2) is 0 Å². The van der Waals surface area contributed by atoms with Crippen LogP contribution in [0.3, 0.4) is 0 Å². The van der Waals surface area contributed by atoms with Crippen molar-refractivity contribution in [3.8, 4) is 0 Å². The van der Waals surface area contributed by atoms with Gasteiger partial charge in [0.25, 0.3) is 0 Å². The van der Waals surface area contributed by atoms with Crippen LogP contribution in [-0.4, -0.2) is 10.7 Å². The molecule has 0 amide bonds. The molecule has 0 saturated carbocycles. The standard InChI is InChI=1S/C31H64O/c1-5-9-13-16-19-23-27-30(26-22-12-8-4)31(32,28-24-20-17-14-10-6-2)29-25-21-18-15-11-7-3/h30,32H,5-29H2,1-4H3. The third-order valence-electron chi connectivity index (χ3n) is 7.75. The Labute approximate surface area is 204 Å². The minimum Gasteiger partial charge on any atom is -0.390 e. The maximum atomic E-state index is 12.0. The first-order chi connectivity index (χ1) is 15.6. The van der Waals surface area contributed by atoms with Gasteiger partial charge in [-0.25, -0.2) is 0 Å². The molecule has 0 aromatic heterocycles. The molecule has 0 spiro atoms. The van der Waals surface area contributed by atoms with E-state index < -0.39 is 5.60 Å². The fourth-order valence-electron chi connectivity index (χ4n) is 5.45. The Kier molecular flexibility index (Phi) is 24.1. The summed E-state index contributed by atoms with van der Waals surface area (Å²) in [6, 6.07) is 0. The molecular formula is C31H64O. The summed E-state index contributed by atoms with van der Waals surface area (Å²) in [4.78, 5) is 0. The molecular weight excluding hydrogens is 388 g/mol. The summed E-state index contributed by atoms with van der Waals surface area (Å²) in [7, 11) is 0. The van der Waals surface area contributed by atoms with Gasteiger partial charge in [-0.15, -0.1) is 0 Å². The van der Waals surface area contributed by atoms with Crippen molar-refractivity contribution >= 4 is 0 Å². The molecule has 0 rings (SSSR count).